The monoisotopic (exact) mass is 263 g/mol. The Morgan fingerprint density at radius 1 is 1.16 bits per heavy atom. The van der Waals surface area contributed by atoms with Crippen molar-refractivity contribution in [3.63, 3.8) is 0 Å². The average Bonchev–Trinajstić information content (AvgIpc) is 2.85. The number of hydrogen-bond acceptors (Lipinski definition) is 5. The van der Waals surface area contributed by atoms with Gasteiger partial charge < -0.3 is 19.9 Å². The summed E-state index contributed by atoms with van der Waals surface area (Å²) in [6, 6.07) is 5.58. The van der Waals surface area contributed by atoms with Crippen LogP contribution in [0.2, 0.25) is 0 Å². The molecule has 0 amide bonds. The number of aromatic amines is 1. The van der Waals surface area contributed by atoms with E-state index in [0.717, 1.165) is 16.8 Å². The number of hydrogen-bond donors (Lipinski definition) is 2. The molecule has 6 heteroatoms. The van der Waals surface area contributed by atoms with E-state index in [0.29, 0.717) is 23.9 Å². The van der Waals surface area contributed by atoms with Crippen molar-refractivity contribution in [2.24, 2.45) is 0 Å². The molecule has 1 aromatic heterocycles. The van der Waals surface area contributed by atoms with Crippen molar-refractivity contribution in [3.8, 4) is 22.8 Å². The lowest BCUT2D eigenvalue weighted by Crippen LogP contribution is -1.98. The number of nitrogens with two attached hydrogens (primary N) is 1. The van der Waals surface area contributed by atoms with Crippen LogP contribution in [0.25, 0.3) is 11.3 Å². The van der Waals surface area contributed by atoms with Gasteiger partial charge in [-0.15, -0.1) is 0 Å². The lowest BCUT2D eigenvalue weighted by Gasteiger charge is -2.14. The van der Waals surface area contributed by atoms with Crippen molar-refractivity contribution < 1.29 is 14.2 Å². The van der Waals surface area contributed by atoms with E-state index in [1.807, 2.05) is 12.1 Å². The summed E-state index contributed by atoms with van der Waals surface area (Å²) >= 11 is 0. The number of nitrogens with one attached hydrogen (secondary N) is 1. The third-order valence-corrected chi connectivity index (χ3v) is 2.76. The molecular weight excluding hydrogens is 246 g/mol. The summed E-state index contributed by atoms with van der Waals surface area (Å²) in [4.78, 5) is 0. The van der Waals surface area contributed by atoms with E-state index in [4.69, 9.17) is 19.9 Å². The highest BCUT2D eigenvalue weighted by Gasteiger charge is 2.14. The van der Waals surface area contributed by atoms with E-state index in [-0.39, 0.29) is 0 Å². The van der Waals surface area contributed by atoms with Crippen LogP contribution in [0.1, 0.15) is 5.56 Å². The maximum absolute atomic E-state index is 5.62. The first-order chi connectivity index (χ1) is 9.19. The van der Waals surface area contributed by atoms with E-state index in [9.17, 15) is 0 Å². The van der Waals surface area contributed by atoms with Gasteiger partial charge in [-0.05, 0) is 12.1 Å². The Morgan fingerprint density at radius 3 is 2.47 bits per heavy atom. The summed E-state index contributed by atoms with van der Waals surface area (Å²) < 4.78 is 15.9. The van der Waals surface area contributed by atoms with Crippen molar-refractivity contribution in [1.29, 1.82) is 0 Å². The van der Waals surface area contributed by atoms with Crippen LogP contribution in [0.15, 0.2) is 18.2 Å². The fraction of sp³-hybridized carbons (Fsp3) is 0.308. The highest BCUT2D eigenvalue weighted by Crippen LogP contribution is 2.36. The summed E-state index contributed by atoms with van der Waals surface area (Å²) in [5.41, 5.74) is 8.24. The lowest BCUT2D eigenvalue weighted by molar-refractivity contribution is 0.181. The Morgan fingerprint density at radius 2 is 1.95 bits per heavy atom. The minimum absolute atomic E-state index is 0.428. The average molecular weight is 263 g/mol. The van der Waals surface area contributed by atoms with Crippen LogP contribution >= 0.6 is 0 Å². The van der Waals surface area contributed by atoms with E-state index >= 15 is 0 Å². The fourth-order valence-electron chi connectivity index (χ4n) is 1.95. The maximum Gasteiger partial charge on any atom is 0.166 e. The van der Waals surface area contributed by atoms with Gasteiger partial charge in [-0.2, -0.15) is 5.10 Å². The second-order valence-corrected chi connectivity index (χ2v) is 4.01. The number of nitrogen functional groups attached to an aromatic ring is 1. The van der Waals surface area contributed by atoms with Crippen LogP contribution in [0.4, 0.5) is 5.82 Å². The Bertz CT molecular complexity index is 566. The molecule has 0 atom stereocenters. The highest BCUT2D eigenvalue weighted by atomic mass is 16.5. The van der Waals surface area contributed by atoms with Crippen LogP contribution in [0.3, 0.4) is 0 Å². The molecule has 0 bridgehead atoms. The van der Waals surface area contributed by atoms with Crippen LogP contribution in [-0.2, 0) is 11.3 Å². The van der Waals surface area contributed by atoms with E-state index in [1.54, 1.807) is 27.4 Å². The second kappa shape index (κ2) is 5.62. The SMILES string of the molecule is COCc1cc(-c2cc(N)n[nH]2)cc(OC)c1OC. The highest BCUT2D eigenvalue weighted by molar-refractivity contribution is 5.68. The number of aromatic nitrogens is 2. The standard InChI is InChI=1S/C13H17N3O3/c1-17-7-9-4-8(10-6-12(14)16-15-10)5-11(18-2)13(9)19-3/h4-6H,7H2,1-3H3,(H3,14,15,16). The van der Waals surface area contributed by atoms with Crippen LogP contribution in [0.5, 0.6) is 11.5 Å². The third kappa shape index (κ3) is 2.63. The quantitative estimate of drug-likeness (QED) is 0.859. The molecule has 0 saturated heterocycles. The molecule has 3 N–H and O–H groups in total. The summed E-state index contributed by atoms with van der Waals surface area (Å²) in [6.45, 7) is 0.428. The molecule has 1 heterocycles. The lowest BCUT2D eigenvalue weighted by atomic mass is 10.1. The molecule has 1 aromatic carbocycles. The first-order valence-electron chi connectivity index (χ1n) is 5.74. The summed E-state index contributed by atoms with van der Waals surface area (Å²) in [7, 11) is 4.83. The normalized spacial score (nSPS) is 10.5. The Hall–Kier alpha value is -2.21. The molecule has 0 unspecified atom stereocenters. The molecule has 0 aliphatic carbocycles. The zero-order valence-electron chi connectivity index (χ0n) is 11.2. The number of nitrogens with zero attached hydrogens (tertiary/aromatic N) is 1. The van der Waals surface area contributed by atoms with Gasteiger partial charge in [0.2, 0.25) is 0 Å². The predicted molar refractivity (Wildman–Crippen MR) is 72.3 cm³/mol. The summed E-state index contributed by atoms with van der Waals surface area (Å²) in [5.74, 6) is 1.75. The van der Waals surface area contributed by atoms with Crippen molar-refractivity contribution in [3.05, 3.63) is 23.8 Å². The number of methoxy groups -OCH3 is 3. The number of H-pyrrole nitrogens is 1. The van der Waals surface area contributed by atoms with Gasteiger partial charge in [0, 0.05) is 24.3 Å². The molecule has 2 aromatic rings. The van der Waals surface area contributed by atoms with Crippen LogP contribution < -0.4 is 15.2 Å². The number of anilines is 1. The Labute approximate surface area is 111 Å². The Balaban J connectivity index is 2.53. The molecule has 19 heavy (non-hydrogen) atoms. The van der Waals surface area contributed by atoms with Gasteiger partial charge in [0.05, 0.1) is 26.5 Å². The first-order valence-corrected chi connectivity index (χ1v) is 5.74. The number of ether oxygens (including phenoxy) is 3. The summed E-state index contributed by atoms with van der Waals surface area (Å²) in [5, 5.41) is 6.78. The third-order valence-electron chi connectivity index (χ3n) is 2.76. The molecule has 0 spiro atoms. The predicted octanol–water partition coefficient (Wildman–Crippen LogP) is 1.82. The van der Waals surface area contributed by atoms with Gasteiger partial charge >= 0.3 is 0 Å². The molecular formula is C13H17N3O3. The molecule has 2 rings (SSSR count). The van der Waals surface area contributed by atoms with Crippen molar-refractivity contribution in [1.82, 2.24) is 10.2 Å². The topological polar surface area (TPSA) is 82.4 Å². The van der Waals surface area contributed by atoms with Crippen molar-refractivity contribution >= 4 is 5.82 Å². The molecule has 0 radical (unpaired) electrons. The number of benzene rings is 1. The van der Waals surface area contributed by atoms with Gasteiger partial charge in [-0.3, -0.25) is 5.10 Å². The minimum Gasteiger partial charge on any atom is -0.493 e. The first kappa shape index (κ1) is 13.2. The second-order valence-electron chi connectivity index (χ2n) is 4.01. The van der Waals surface area contributed by atoms with Crippen LogP contribution in [0, 0.1) is 0 Å². The molecule has 102 valence electrons. The molecule has 0 aliphatic rings. The zero-order chi connectivity index (χ0) is 13.8. The molecule has 6 nitrogen and oxygen atoms in total. The fourth-order valence-corrected chi connectivity index (χ4v) is 1.95. The maximum atomic E-state index is 5.62. The smallest absolute Gasteiger partial charge is 0.166 e. The van der Waals surface area contributed by atoms with Gasteiger partial charge in [0.1, 0.15) is 5.82 Å². The summed E-state index contributed by atoms with van der Waals surface area (Å²) in [6.07, 6.45) is 0. The Kier molecular flexibility index (Phi) is 3.91. The zero-order valence-corrected chi connectivity index (χ0v) is 11.2. The van der Waals surface area contributed by atoms with E-state index < -0.39 is 0 Å². The minimum atomic E-state index is 0.428. The van der Waals surface area contributed by atoms with Gasteiger partial charge in [-0.25, -0.2) is 0 Å². The molecule has 0 aliphatic heterocycles. The molecule has 0 fully saturated rings. The largest absolute Gasteiger partial charge is 0.493 e. The molecule has 0 saturated carbocycles. The van der Waals surface area contributed by atoms with Crippen LogP contribution in [-0.4, -0.2) is 31.5 Å². The van der Waals surface area contributed by atoms with Gasteiger partial charge in [0.25, 0.3) is 0 Å². The van der Waals surface area contributed by atoms with E-state index in [2.05, 4.69) is 10.2 Å². The van der Waals surface area contributed by atoms with Gasteiger partial charge in [-0.1, -0.05) is 0 Å². The van der Waals surface area contributed by atoms with Crippen molar-refractivity contribution in [2.75, 3.05) is 27.1 Å². The number of rotatable bonds is 5. The van der Waals surface area contributed by atoms with Crippen molar-refractivity contribution in [2.45, 2.75) is 6.61 Å². The van der Waals surface area contributed by atoms with E-state index in [1.165, 1.54) is 0 Å². The van der Waals surface area contributed by atoms with Gasteiger partial charge in [0.15, 0.2) is 11.5 Å².